The molecular weight excluding hydrogens is 314 g/mol. The van der Waals surface area contributed by atoms with Gasteiger partial charge in [-0.1, -0.05) is 18.6 Å². The van der Waals surface area contributed by atoms with Crippen LogP contribution in [0.1, 0.15) is 46.5 Å². The van der Waals surface area contributed by atoms with Crippen LogP contribution in [0.4, 0.5) is 4.79 Å². The summed E-state index contributed by atoms with van der Waals surface area (Å²) in [7, 11) is 0. The minimum absolute atomic E-state index is 0.0125. The van der Waals surface area contributed by atoms with Crippen molar-refractivity contribution in [1.29, 1.82) is 0 Å². The maximum Gasteiger partial charge on any atom is 0.410 e. The number of esters is 1. The van der Waals surface area contributed by atoms with E-state index in [1.807, 2.05) is 0 Å². The minimum atomic E-state index is -0.976. The van der Waals surface area contributed by atoms with Gasteiger partial charge < -0.3 is 19.9 Å². The number of carboxylic acid groups (broad SMARTS) is 1. The molecule has 1 saturated carbocycles. The summed E-state index contributed by atoms with van der Waals surface area (Å²) in [6, 6.07) is 0. The average Bonchev–Trinajstić information content (AvgIpc) is 2.79. The van der Waals surface area contributed by atoms with E-state index in [9.17, 15) is 19.5 Å². The summed E-state index contributed by atoms with van der Waals surface area (Å²) in [6.45, 7) is 5.39. The molecule has 0 heterocycles. The highest BCUT2D eigenvalue weighted by atomic mass is 16.7. The highest BCUT2D eigenvalue weighted by molar-refractivity contribution is 5.71. The molecule has 0 unspecified atom stereocenters. The number of alkyl carbamates (subject to hydrolysis) is 1. The quantitative estimate of drug-likeness (QED) is 0.420. The number of carbonyl (C=O) groups is 3. The van der Waals surface area contributed by atoms with Gasteiger partial charge in [0, 0.05) is 25.3 Å². The van der Waals surface area contributed by atoms with Gasteiger partial charge in [0.15, 0.2) is 0 Å². The lowest BCUT2D eigenvalue weighted by Crippen LogP contribution is -2.53. The first-order valence-electron chi connectivity index (χ1n) is 8.29. The Hall–Kier alpha value is -2.05. The Bertz CT molecular complexity index is 557. The fourth-order valence-corrected chi connectivity index (χ4v) is 3.90. The summed E-state index contributed by atoms with van der Waals surface area (Å²) in [5, 5.41) is 11.9. The van der Waals surface area contributed by atoms with Crippen molar-refractivity contribution in [3.63, 3.8) is 0 Å². The van der Waals surface area contributed by atoms with Gasteiger partial charge in [-0.3, -0.25) is 9.59 Å². The molecule has 134 valence electrons. The summed E-state index contributed by atoms with van der Waals surface area (Å²) >= 11 is 0. The van der Waals surface area contributed by atoms with Crippen molar-refractivity contribution in [2.75, 3.05) is 6.54 Å². The van der Waals surface area contributed by atoms with Gasteiger partial charge in [-0.25, -0.2) is 4.79 Å². The number of hydrogen-bond acceptors (Lipinski definition) is 5. The number of ether oxygens (including phenoxy) is 2. The van der Waals surface area contributed by atoms with Crippen LogP contribution in [0.15, 0.2) is 11.6 Å². The second-order valence-electron chi connectivity index (χ2n) is 6.81. The molecule has 2 aliphatic carbocycles. The van der Waals surface area contributed by atoms with E-state index in [1.54, 1.807) is 6.92 Å². The fourth-order valence-electron chi connectivity index (χ4n) is 3.90. The van der Waals surface area contributed by atoms with Gasteiger partial charge in [-0.15, -0.1) is 0 Å². The second-order valence-corrected chi connectivity index (χ2v) is 6.81. The molecule has 7 heteroatoms. The van der Waals surface area contributed by atoms with Crippen LogP contribution in [0.5, 0.6) is 0 Å². The van der Waals surface area contributed by atoms with Crippen molar-refractivity contribution in [1.82, 2.24) is 5.32 Å². The van der Waals surface area contributed by atoms with Gasteiger partial charge in [0.2, 0.25) is 6.29 Å². The van der Waals surface area contributed by atoms with Crippen LogP contribution < -0.4 is 5.32 Å². The van der Waals surface area contributed by atoms with Crippen LogP contribution in [0.2, 0.25) is 0 Å². The predicted molar refractivity (Wildman–Crippen MR) is 85.0 cm³/mol. The van der Waals surface area contributed by atoms with Crippen LogP contribution in [-0.4, -0.2) is 36.0 Å². The molecule has 0 radical (unpaired) electrons. The molecule has 0 saturated heterocycles. The molecule has 2 aliphatic rings. The zero-order valence-corrected chi connectivity index (χ0v) is 14.3. The van der Waals surface area contributed by atoms with Crippen molar-refractivity contribution < 1.29 is 29.0 Å². The molecule has 24 heavy (non-hydrogen) atoms. The number of carbonyl (C=O) groups excluding carboxylic acids is 2. The summed E-state index contributed by atoms with van der Waals surface area (Å²) in [5.41, 5.74) is 0.816. The highest BCUT2D eigenvalue weighted by Crippen LogP contribution is 2.59. The van der Waals surface area contributed by atoms with Crippen LogP contribution in [0.3, 0.4) is 0 Å². The van der Waals surface area contributed by atoms with Crippen LogP contribution in [0, 0.1) is 17.3 Å². The van der Waals surface area contributed by atoms with E-state index in [1.165, 1.54) is 12.5 Å². The predicted octanol–water partition coefficient (Wildman–Crippen LogP) is 2.46. The number of nitrogens with one attached hydrogen (secondary N) is 1. The number of hydrogen-bond donors (Lipinski definition) is 2. The topological polar surface area (TPSA) is 102 Å². The van der Waals surface area contributed by atoms with E-state index in [-0.39, 0.29) is 25.3 Å². The van der Waals surface area contributed by atoms with Crippen molar-refractivity contribution >= 4 is 18.0 Å². The lowest BCUT2D eigenvalue weighted by atomic mass is 9.53. The fraction of sp³-hybridized carbons (Fsp3) is 0.706. The Morgan fingerprint density at radius 2 is 2.12 bits per heavy atom. The molecule has 0 aliphatic heterocycles. The summed E-state index contributed by atoms with van der Waals surface area (Å²) in [6.07, 6.45) is 2.44. The van der Waals surface area contributed by atoms with E-state index in [0.717, 1.165) is 12.8 Å². The number of aliphatic carboxylic acids is 1. The molecule has 1 fully saturated rings. The van der Waals surface area contributed by atoms with Crippen molar-refractivity contribution in [3.8, 4) is 0 Å². The second kappa shape index (κ2) is 7.23. The molecule has 0 aromatic heterocycles. The Kier molecular flexibility index (Phi) is 5.51. The first-order chi connectivity index (χ1) is 11.3. The van der Waals surface area contributed by atoms with Crippen LogP contribution in [0.25, 0.3) is 0 Å². The zero-order valence-electron chi connectivity index (χ0n) is 14.3. The third kappa shape index (κ3) is 4.07. The SMILES string of the molecule is CCC(=O)O[C@H](C)OC(=O)NC[C@]1(CC(=O)O)C[C@@H]2CC(C)=C[C@H]21. The third-order valence-electron chi connectivity index (χ3n) is 4.88. The van der Waals surface area contributed by atoms with Gasteiger partial charge >= 0.3 is 18.0 Å². The monoisotopic (exact) mass is 339 g/mol. The van der Waals surface area contributed by atoms with E-state index in [4.69, 9.17) is 9.47 Å². The number of allylic oxidation sites excluding steroid dienone is 2. The van der Waals surface area contributed by atoms with Crippen molar-refractivity contribution in [3.05, 3.63) is 11.6 Å². The van der Waals surface area contributed by atoms with Gasteiger partial charge in [0.25, 0.3) is 0 Å². The number of fused-ring (bicyclic) bond motifs is 1. The number of amides is 1. The Balaban J connectivity index is 1.89. The summed E-state index contributed by atoms with van der Waals surface area (Å²) < 4.78 is 9.83. The van der Waals surface area contributed by atoms with E-state index in [2.05, 4.69) is 18.3 Å². The number of carboxylic acids is 1. The van der Waals surface area contributed by atoms with Gasteiger partial charge in [-0.2, -0.15) is 0 Å². The minimum Gasteiger partial charge on any atom is -0.481 e. The average molecular weight is 339 g/mol. The molecule has 0 spiro atoms. The van der Waals surface area contributed by atoms with Gasteiger partial charge in [-0.05, 0) is 31.6 Å². The molecule has 1 amide bonds. The maximum atomic E-state index is 11.9. The van der Waals surface area contributed by atoms with Gasteiger partial charge in [0.05, 0.1) is 6.42 Å². The highest BCUT2D eigenvalue weighted by Gasteiger charge is 2.55. The lowest BCUT2D eigenvalue weighted by molar-refractivity contribution is -0.164. The van der Waals surface area contributed by atoms with E-state index >= 15 is 0 Å². The smallest absolute Gasteiger partial charge is 0.410 e. The lowest BCUT2D eigenvalue weighted by Gasteiger charge is -2.51. The van der Waals surface area contributed by atoms with Crippen molar-refractivity contribution in [2.45, 2.75) is 52.7 Å². The molecule has 2 rings (SSSR count). The van der Waals surface area contributed by atoms with Crippen LogP contribution in [-0.2, 0) is 19.1 Å². The number of rotatable bonds is 7. The summed E-state index contributed by atoms with van der Waals surface area (Å²) in [5.74, 6) is -0.659. The molecule has 0 aromatic rings. The largest absolute Gasteiger partial charge is 0.481 e. The van der Waals surface area contributed by atoms with Crippen LogP contribution >= 0.6 is 0 Å². The molecule has 4 atom stereocenters. The van der Waals surface area contributed by atoms with Crippen molar-refractivity contribution in [2.24, 2.45) is 17.3 Å². The first kappa shape index (κ1) is 18.3. The molecular formula is C17H25NO6. The summed E-state index contributed by atoms with van der Waals surface area (Å²) in [4.78, 5) is 34.2. The third-order valence-corrected chi connectivity index (χ3v) is 4.88. The molecule has 7 nitrogen and oxygen atoms in total. The first-order valence-corrected chi connectivity index (χ1v) is 8.29. The molecule has 2 N–H and O–H groups in total. The Morgan fingerprint density at radius 3 is 2.71 bits per heavy atom. The molecule has 0 aromatic carbocycles. The zero-order chi connectivity index (χ0) is 17.9. The van der Waals surface area contributed by atoms with Gasteiger partial charge in [0.1, 0.15) is 0 Å². The van der Waals surface area contributed by atoms with E-state index < -0.39 is 29.7 Å². The normalized spacial score (nSPS) is 28.9. The Morgan fingerprint density at radius 1 is 1.42 bits per heavy atom. The standard InChI is InChI=1S/C17H25NO6/c1-4-15(21)23-11(3)24-16(22)18-9-17(8-14(19)20)7-12-5-10(2)6-13(12)17/h6,11-13H,4-5,7-9H2,1-3H3,(H,18,22)(H,19,20)/t11-,12-,13+,17+/m0/s1. The maximum absolute atomic E-state index is 11.9. The Labute approximate surface area is 141 Å². The van der Waals surface area contributed by atoms with E-state index in [0.29, 0.717) is 5.92 Å². The molecule has 0 bridgehead atoms.